The SMILES string of the molecule is Cc1nccn1[C@@H](C)C(=O)N1CCC(c2nc3ccc(F)cc3[nH]2)CC1. The number of hydrogen-bond acceptors (Lipinski definition) is 3. The van der Waals surface area contributed by atoms with Gasteiger partial charge in [-0.3, -0.25) is 4.79 Å². The van der Waals surface area contributed by atoms with Crippen molar-refractivity contribution in [1.29, 1.82) is 0 Å². The lowest BCUT2D eigenvalue weighted by Crippen LogP contribution is -2.41. The van der Waals surface area contributed by atoms with Crippen LogP contribution in [-0.4, -0.2) is 43.4 Å². The Morgan fingerprint density at radius 3 is 2.81 bits per heavy atom. The number of carbonyl (C=O) groups excluding carboxylic acids is 1. The average molecular weight is 355 g/mol. The molecule has 7 heteroatoms. The normalized spacial score (nSPS) is 17.0. The van der Waals surface area contributed by atoms with Crippen LogP contribution in [0.15, 0.2) is 30.6 Å². The van der Waals surface area contributed by atoms with E-state index in [1.54, 1.807) is 12.3 Å². The highest BCUT2D eigenvalue weighted by Crippen LogP contribution is 2.29. The third-order valence-corrected chi connectivity index (χ3v) is 5.29. The maximum absolute atomic E-state index is 13.4. The molecule has 4 rings (SSSR count). The van der Waals surface area contributed by atoms with Crippen molar-refractivity contribution in [3.8, 4) is 0 Å². The van der Waals surface area contributed by atoms with E-state index in [2.05, 4.69) is 15.0 Å². The van der Waals surface area contributed by atoms with E-state index in [4.69, 9.17) is 0 Å². The van der Waals surface area contributed by atoms with Crippen molar-refractivity contribution >= 4 is 16.9 Å². The largest absolute Gasteiger partial charge is 0.342 e. The van der Waals surface area contributed by atoms with Crippen molar-refractivity contribution in [2.45, 2.75) is 38.6 Å². The summed E-state index contributed by atoms with van der Waals surface area (Å²) in [6.45, 7) is 5.22. The zero-order valence-corrected chi connectivity index (χ0v) is 14.9. The lowest BCUT2D eigenvalue weighted by atomic mass is 9.95. The van der Waals surface area contributed by atoms with E-state index in [1.807, 2.05) is 29.5 Å². The van der Waals surface area contributed by atoms with Gasteiger partial charge in [-0.2, -0.15) is 0 Å². The van der Waals surface area contributed by atoms with Crippen LogP contribution in [0, 0.1) is 12.7 Å². The number of aromatic nitrogens is 4. The van der Waals surface area contributed by atoms with Gasteiger partial charge in [0.1, 0.15) is 23.5 Å². The van der Waals surface area contributed by atoms with E-state index in [1.165, 1.54) is 12.1 Å². The number of nitrogens with one attached hydrogen (secondary N) is 1. The molecule has 1 aromatic carbocycles. The number of aromatic amines is 1. The molecule has 0 aliphatic carbocycles. The second-order valence-electron chi connectivity index (χ2n) is 6.94. The van der Waals surface area contributed by atoms with Crippen molar-refractivity contribution in [3.05, 3.63) is 48.1 Å². The summed E-state index contributed by atoms with van der Waals surface area (Å²) in [4.78, 5) is 26.7. The number of benzene rings is 1. The summed E-state index contributed by atoms with van der Waals surface area (Å²) in [6, 6.07) is 4.34. The minimum Gasteiger partial charge on any atom is -0.342 e. The summed E-state index contributed by atoms with van der Waals surface area (Å²) in [5, 5.41) is 0. The zero-order valence-electron chi connectivity index (χ0n) is 14.9. The number of amides is 1. The van der Waals surface area contributed by atoms with Crippen LogP contribution in [0.25, 0.3) is 11.0 Å². The number of rotatable bonds is 3. The number of aryl methyl sites for hydroxylation is 1. The van der Waals surface area contributed by atoms with Gasteiger partial charge in [-0.25, -0.2) is 14.4 Å². The molecule has 6 nitrogen and oxygen atoms in total. The Hall–Kier alpha value is -2.70. The molecule has 1 fully saturated rings. The number of hydrogen-bond donors (Lipinski definition) is 1. The topological polar surface area (TPSA) is 66.8 Å². The average Bonchev–Trinajstić information content (AvgIpc) is 3.26. The van der Waals surface area contributed by atoms with Crippen LogP contribution in [-0.2, 0) is 4.79 Å². The van der Waals surface area contributed by atoms with E-state index in [9.17, 15) is 9.18 Å². The Bertz CT molecular complexity index is 938. The van der Waals surface area contributed by atoms with Crippen LogP contribution in [0.1, 0.15) is 43.4 Å². The molecule has 0 spiro atoms. The summed E-state index contributed by atoms with van der Waals surface area (Å²) in [7, 11) is 0. The maximum Gasteiger partial charge on any atom is 0.245 e. The molecule has 3 heterocycles. The van der Waals surface area contributed by atoms with Crippen LogP contribution in [0.3, 0.4) is 0 Å². The fraction of sp³-hybridized carbons (Fsp3) is 0.421. The highest BCUT2D eigenvalue weighted by atomic mass is 19.1. The zero-order chi connectivity index (χ0) is 18.3. The third-order valence-electron chi connectivity index (χ3n) is 5.29. The van der Waals surface area contributed by atoms with Gasteiger partial charge in [0, 0.05) is 31.4 Å². The van der Waals surface area contributed by atoms with E-state index in [0.29, 0.717) is 13.1 Å². The minimum absolute atomic E-state index is 0.122. The van der Waals surface area contributed by atoms with Crippen molar-refractivity contribution in [2.75, 3.05) is 13.1 Å². The molecule has 0 radical (unpaired) electrons. The highest BCUT2D eigenvalue weighted by molar-refractivity contribution is 5.80. The molecule has 1 aliphatic heterocycles. The third kappa shape index (κ3) is 2.98. The van der Waals surface area contributed by atoms with Gasteiger partial charge in [0.15, 0.2) is 0 Å². The first-order valence-electron chi connectivity index (χ1n) is 8.96. The van der Waals surface area contributed by atoms with E-state index in [-0.39, 0.29) is 23.7 Å². The Morgan fingerprint density at radius 1 is 1.35 bits per heavy atom. The van der Waals surface area contributed by atoms with Crippen LogP contribution in [0.5, 0.6) is 0 Å². The van der Waals surface area contributed by atoms with Gasteiger partial charge < -0.3 is 14.5 Å². The van der Waals surface area contributed by atoms with Gasteiger partial charge >= 0.3 is 0 Å². The Morgan fingerprint density at radius 2 is 2.12 bits per heavy atom. The number of fused-ring (bicyclic) bond motifs is 1. The fourth-order valence-electron chi connectivity index (χ4n) is 3.75. The lowest BCUT2D eigenvalue weighted by Gasteiger charge is -2.33. The molecule has 3 aromatic rings. The monoisotopic (exact) mass is 355 g/mol. The Balaban J connectivity index is 1.43. The van der Waals surface area contributed by atoms with Crippen LogP contribution >= 0.6 is 0 Å². The number of likely N-dealkylation sites (tertiary alicyclic amines) is 1. The molecule has 26 heavy (non-hydrogen) atoms. The second kappa shape index (κ2) is 6.55. The van der Waals surface area contributed by atoms with Gasteiger partial charge in [-0.05, 0) is 44.9 Å². The lowest BCUT2D eigenvalue weighted by molar-refractivity contribution is -0.135. The minimum atomic E-state index is -0.267. The van der Waals surface area contributed by atoms with E-state index in [0.717, 1.165) is 35.5 Å². The number of carbonyl (C=O) groups is 1. The number of halogens is 1. The summed E-state index contributed by atoms with van der Waals surface area (Å²) in [5.74, 6) is 1.85. The number of piperidine rings is 1. The molecule has 136 valence electrons. The Labute approximate surface area is 151 Å². The summed E-state index contributed by atoms with van der Waals surface area (Å²) >= 11 is 0. The molecule has 1 saturated heterocycles. The van der Waals surface area contributed by atoms with E-state index >= 15 is 0 Å². The predicted molar refractivity (Wildman–Crippen MR) is 96.3 cm³/mol. The van der Waals surface area contributed by atoms with Crippen LogP contribution in [0.4, 0.5) is 4.39 Å². The number of imidazole rings is 2. The molecule has 0 bridgehead atoms. The van der Waals surface area contributed by atoms with E-state index < -0.39 is 0 Å². The van der Waals surface area contributed by atoms with Crippen molar-refractivity contribution in [2.24, 2.45) is 0 Å². The van der Waals surface area contributed by atoms with Gasteiger partial charge in [0.05, 0.1) is 11.0 Å². The summed E-state index contributed by atoms with van der Waals surface area (Å²) in [5.41, 5.74) is 1.51. The molecule has 0 unspecified atom stereocenters. The molecule has 1 N–H and O–H groups in total. The van der Waals surface area contributed by atoms with Crippen molar-refractivity contribution in [1.82, 2.24) is 24.4 Å². The molecule has 1 atom stereocenters. The first-order chi connectivity index (χ1) is 12.5. The highest BCUT2D eigenvalue weighted by Gasteiger charge is 2.29. The fourth-order valence-corrected chi connectivity index (χ4v) is 3.75. The maximum atomic E-state index is 13.4. The smallest absolute Gasteiger partial charge is 0.245 e. The molecule has 0 saturated carbocycles. The van der Waals surface area contributed by atoms with Crippen molar-refractivity contribution < 1.29 is 9.18 Å². The first kappa shape index (κ1) is 16.8. The molecule has 1 amide bonds. The number of H-pyrrole nitrogens is 1. The second-order valence-corrected chi connectivity index (χ2v) is 6.94. The molecule has 2 aromatic heterocycles. The van der Waals surface area contributed by atoms with Crippen LogP contribution < -0.4 is 0 Å². The number of nitrogens with zero attached hydrogens (tertiary/aromatic N) is 4. The first-order valence-corrected chi connectivity index (χ1v) is 8.96. The molecule has 1 aliphatic rings. The van der Waals surface area contributed by atoms with Gasteiger partial charge in [-0.15, -0.1) is 0 Å². The van der Waals surface area contributed by atoms with Gasteiger partial charge in [0.2, 0.25) is 5.91 Å². The van der Waals surface area contributed by atoms with Crippen molar-refractivity contribution in [3.63, 3.8) is 0 Å². The quantitative estimate of drug-likeness (QED) is 0.785. The standard InChI is InChI=1S/C19H22FN5O/c1-12(25-10-7-21-13(25)2)19(26)24-8-5-14(6-9-24)18-22-16-4-3-15(20)11-17(16)23-18/h3-4,7,10-12,14H,5-6,8-9H2,1-2H3,(H,22,23)/t12-/m0/s1. The summed E-state index contributed by atoms with van der Waals surface area (Å²) in [6.07, 6.45) is 5.27. The van der Waals surface area contributed by atoms with Gasteiger partial charge in [-0.1, -0.05) is 0 Å². The molecular weight excluding hydrogens is 333 g/mol. The summed E-state index contributed by atoms with van der Waals surface area (Å²) < 4.78 is 15.3. The van der Waals surface area contributed by atoms with Crippen LogP contribution in [0.2, 0.25) is 0 Å². The van der Waals surface area contributed by atoms with Gasteiger partial charge in [0.25, 0.3) is 0 Å². The molecular formula is C19H22FN5O. The Kier molecular flexibility index (Phi) is 4.22. The predicted octanol–water partition coefficient (Wildman–Crippen LogP) is 3.17.